The summed E-state index contributed by atoms with van der Waals surface area (Å²) < 4.78 is 38.1. The van der Waals surface area contributed by atoms with Crippen molar-refractivity contribution in [1.29, 1.82) is 0 Å². The van der Waals surface area contributed by atoms with E-state index in [1.54, 1.807) is 13.2 Å². The maximum absolute atomic E-state index is 12.6. The Balaban J connectivity index is 1.63. The number of furan rings is 1. The molecule has 0 aromatic carbocycles. The molecule has 0 radical (unpaired) electrons. The van der Waals surface area contributed by atoms with Crippen molar-refractivity contribution in [1.82, 2.24) is 20.1 Å². The van der Waals surface area contributed by atoms with Crippen LogP contribution in [0.2, 0.25) is 0 Å². The van der Waals surface area contributed by atoms with Crippen LogP contribution in [0.25, 0.3) is 0 Å². The van der Waals surface area contributed by atoms with Gasteiger partial charge < -0.3 is 14.3 Å². The first-order chi connectivity index (χ1) is 13.8. The highest BCUT2D eigenvalue weighted by Gasteiger charge is 2.29. The minimum absolute atomic E-state index is 0.0288. The standard InChI is InChI=1S/C19H28N4O5S/c1-13-18(15(3)28-21-13)29(25,26)22-14(2)19(24)20-12-16(17-8-7-11-27-17)23-9-5-4-6-10-23/h7-8,11,14,16,22H,4-6,9-10,12H2,1-3H3,(H,20,24)/t14-,16?/m0/s1. The number of aryl methyl sites for hydroxylation is 2. The van der Waals surface area contributed by atoms with Crippen LogP contribution in [0, 0.1) is 13.8 Å². The van der Waals surface area contributed by atoms with E-state index in [4.69, 9.17) is 8.94 Å². The molecule has 1 fully saturated rings. The molecule has 2 N–H and O–H groups in total. The van der Waals surface area contributed by atoms with E-state index in [1.165, 1.54) is 20.3 Å². The van der Waals surface area contributed by atoms with E-state index in [-0.39, 0.29) is 22.4 Å². The summed E-state index contributed by atoms with van der Waals surface area (Å²) in [5.74, 6) is 0.565. The molecule has 1 saturated heterocycles. The maximum atomic E-state index is 12.6. The molecule has 29 heavy (non-hydrogen) atoms. The average molecular weight is 425 g/mol. The molecule has 1 aliphatic rings. The molecule has 160 valence electrons. The fourth-order valence-electron chi connectivity index (χ4n) is 3.67. The zero-order chi connectivity index (χ0) is 21.0. The second-order valence-electron chi connectivity index (χ2n) is 7.37. The zero-order valence-corrected chi connectivity index (χ0v) is 17.8. The summed E-state index contributed by atoms with van der Waals surface area (Å²) in [6, 6.07) is 2.69. The van der Waals surface area contributed by atoms with Crippen molar-refractivity contribution >= 4 is 15.9 Å². The van der Waals surface area contributed by atoms with Crippen LogP contribution >= 0.6 is 0 Å². The van der Waals surface area contributed by atoms with Crippen LogP contribution < -0.4 is 10.0 Å². The minimum Gasteiger partial charge on any atom is -0.468 e. The molecular formula is C19H28N4O5S. The van der Waals surface area contributed by atoms with Crippen molar-refractivity contribution in [3.05, 3.63) is 35.6 Å². The third-order valence-electron chi connectivity index (χ3n) is 5.13. The summed E-state index contributed by atoms with van der Waals surface area (Å²) in [5.41, 5.74) is 0.255. The Morgan fingerprint density at radius 3 is 2.59 bits per heavy atom. The number of rotatable bonds is 8. The van der Waals surface area contributed by atoms with Gasteiger partial charge in [-0.25, -0.2) is 8.42 Å². The van der Waals surface area contributed by atoms with Crippen molar-refractivity contribution in [2.45, 2.75) is 57.0 Å². The summed E-state index contributed by atoms with van der Waals surface area (Å²) in [4.78, 5) is 14.9. The number of sulfonamides is 1. The molecule has 0 saturated carbocycles. The van der Waals surface area contributed by atoms with Gasteiger partial charge in [0.1, 0.15) is 16.3 Å². The lowest BCUT2D eigenvalue weighted by molar-refractivity contribution is -0.122. The smallest absolute Gasteiger partial charge is 0.246 e. The number of carbonyl (C=O) groups is 1. The number of nitrogens with one attached hydrogen (secondary N) is 2. The number of aromatic nitrogens is 1. The van der Waals surface area contributed by atoms with Crippen molar-refractivity contribution < 1.29 is 22.2 Å². The molecule has 0 bridgehead atoms. The zero-order valence-electron chi connectivity index (χ0n) is 17.0. The number of hydrogen-bond acceptors (Lipinski definition) is 7. The Labute approximate surface area is 170 Å². The van der Waals surface area contributed by atoms with Crippen LogP contribution in [-0.2, 0) is 14.8 Å². The van der Waals surface area contributed by atoms with Crippen LogP contribution in [0.4, 0.5) is 0 Å². The fraction of sp³-hybridized carbons (Fsp3) is 0.579. The molecule has 3 heterocycles. The Bertz CT molecular complexity index is 897. The highest BCUT2D eigenvalue weighted by atomic mass is 32.2. The van der Waals surface area contributed by atoms with Gasteiger partial charge in [-0.15, -0.1) is 0 Å². The van der Waals surface area contributed by atoms with Gasteiger partial charge in [0.05, 0.1) is 18.3 Å². The molecular weight excluding hydrogens is 396 g/mol. The number of hydrogen-bond donors (Lipinski definition) is 2. The SMILES string of the molecule is Cc1noc(C)c1S(=O)(=O)N[C@@H](C)C(=O)NCC(c1ccco1)N1CCCCC1. The molecule has 2 atom stereocenters. The summed E-state index contributed by atoms with van der Waals surface area (Å²) in [7, 11) is -3.92. The predicted octanol–water partition coefficient (Wildman–Crippen LogP) is 1.89. The summed E-state index contributed by atoms with van der Waals surface area (Å²) in [6.07, 6.45) is 5.04. The van der Waals surface area contributed by atoms with E-state index in [9.17, 15) is 13.2 Å². The Morgan fingerprint density at radius 2 is 2.00 bits per heavy atom. The normalized spacial score (nSPS) is 17.8. The molecule has 0 spiro atoms. The van der Waals surface area contributed by atoms with Crippen molar-refractivity contribution in [2.24, 2.45) is 0 Å². The van der Waals surface area contributed by atoms with Gasteiger partial charge in [-0.2, -0.15) is 4.72 Å². The number of amides is 1. The molecule has 1 amide bonds. The molecule has 1 unspecified atom stereocenters. The lowest BCUT2D eigenvalue weighted by Gasteiger charge is -2.33. The lowest BCUT2D eigenvalue weighted by Crippen LogP contribution is -2.47. The van der Waals surface area contributed by atoms with Crippen molar-refractivity contribution in [3.63, 3.8) is 0 Å². The highest BCUT2D eigenvalue weighted by molar-refractivity contribution is 7.89. The molecule has 9 nitrogen and oxygen atoms in total. The molecule has 0 aliphatic carbocycles. The van der Waals surface area contributed by atoms with Gasteiger partial charge in [0.2, 0.25) is 15.9 Å². The minimum atomic E-state index is -3.92. The van der Waals surface area contributed by atoms with E-state index in [0.717, 1.165) is 31.7 Å². The first kappa shape index (κ1) is 21.5. The largest absolute Gasteiger partial charge is 0.468 e. The van der Waals surface area contributed by atoms with Gasteiger partial charge in [0.15, 0.2) is 5.76 Å². The Morgan fingerprint density at radius 1 is 1.28 bits per heavy atom. The number of carbonyl (C=O) groups excluding carboxylic acids is 1. The van der Waals surface area contributed by atoms with Crippen molar-refractivity contribution in [3.8, 4) is 0 Å². The molecule has 2 aromatic rings. The van der Waals surface area contributed by atoms with Crippen LogP contribution in [0.1, 0.15) is 49.4 Å². The topological polar surface area (TPSA) is 118 Å². The second kappa shape index (κ2) is 9.10. The van der Waals surface area contributed by atoms with Gasteiger partial charge in [-0.3, -0.25) is 9.69 Å². The van der Waals surface area contributed by atoms with E-state index in [0.29, 0.717) is 6.54 Å². The van der Waals surface area contributed by atoms with Gasteiger partial charge >= 0.3 is 0 Å². The van der Waals surface area contributed by atoms with Crippen LogP contribution in [-0.4, -0.2) is 50.1 Å². The second-order valence-corrected chi connectivity index (χ2v) is 9.02. The lowest BCUT2D eigenvalue weighted by atomic mass is 10.1. The van der Waals surface area contributed by atoms with E-state index < -0.39 is 22.0 Å². The molecule has 1 aliphatic heterocycles. The highest BCUT2D eigenvalue weighted by Crippen LogP contribution is 2.24. The average Bonchev–Trinajstić information content (AvgIpc) is 3.32. The van der Waals surface area contributed by atoms with E-state index >= 15 is 0 Å². The van der Waals surface area contributed by atoms with E-state index in [2.05, 4.69) is 20.1 Å². The molecule has 3 rings (SSSR count). The number of likely N-dealkylation sites (tertiary alicyclic amines) is 1. The third kappa shape index (κ3) is 5.06. The summed E-state index contributed by atoms with van der Waals surface area (Å²) in [6.45, 7) is 6.79. The van der Waals surface area contributed by atoms with Crippen LogP contribution in [0.5, 0.6) is 0 Å². The predicted molar refractivity (Wildman–Crippen MR) is 106 cm³/mol. The first-order valence-electron chi connectivity index (χ1n) is 9.80. The Hall–Kier alpha value is -2.17. The van der Waals surface area contributed by atoms with Gasteiger partial charge in [0.25, 0.3) is 0 Å². The Kier molecular flexibility index (Phi) is 6.76. The third-order valence-corrected chi connectivity index (χ3v) is 6.92. The quantitative estimate of drug-likeness (QED) is 0.664. The number of piperidine rings is 1. The van der Waals surface area contributed by atoms with Gasteiger partial charge in [0, 0.05) is 6.54 Å². The van der Waals surface area contributed by atoms with E-state index in [1.807, 2.05) is 12.1 Å². The first-order valence-corrected chi connectivity index (χ1v) is 11.3. The monoisotopic (exact) mass is 424 g/mol. The van der Waals surface area contributed by atoms with Gasteiger partial charge in [-0.1, -0.05) is 11.6 Å². The summed E-state index contributed by atoms with van der Waals surface area (Å²) in [5, 5.41) is 6.52. The van der Waals surface area contributed by atoms with Gasteiger partial charge in [-0.05, 0) is 58.8 Å². The maximum Gasteiger partial charge on any atom is 0.246 e. The van der Waals surface area contributed by atoms with Crippen LogP contribution in [0.15, 0.2) is 32.2 Å². The fourth-order valence-corrected chi connectivity index (χ4v) is 5.21. The molecule has 2 aromatic heterocycles. The number of nitrogens with zero attached hydrogens (tertiary/aromatic N) is 2. The van der Waals surface area contributed by atoms with Crippen LogP contribution in [0.3, 0.4) is 0 Å². The van der Waals surface area contributed by atoms with Crippen molar-refractivity contribution in [2.75, 3.05) is 19.6 Å². The summed E-state index contributed by atoms with van der Waals surface area (Å²) >= 11 is 0. The molecule has 10 heteroatoms.